The molecule has 0 saturated heterocycles. The largest absolute Gasteiger partial charge is 0.477 e. The first-order valence-corrected chi connectivity index (χ1v) is 9.06. The third-order valence-electron chi connectivity index (χ3n) is 3.49. The van der Waals surface area contributed by atoms with Gasteiger partial charge in [-0.1, -0.05) is 18.5 Å². The number of carboxylic acids is 1. The van der Waals surface area contributed by atoms with E-state index >= 15 is 0 Å². The molecule has 11 heteroatoms. The highest BCUT2D eigenvalue weighted by molar-refractivity contribution is 8.03. The van der Waals surface area contributed by atoms with Crippen LogP contribution in [0, 0.1) is 10.1 Å². The average Bonchev–Trinajstić information content (AvgIpc) is 3.30. The second-order valence-electron chi connectivity index (χ2n) is 5.36. The maximum Gasteiger partial charge on any atom is 0.342 e. The SMILES string of the molecule is CCc1nnc(S/C(=C\c2ccc(-c3ccc(Cl)c([N+](=O)[O-])c3)o2)C(=O)O)o1. The van der Waals surface area contributed by atoms with Crippen molar-refractivity contribution in [1.82, 2.24) is 10.2 Å². The number of halogens is 1. The van der Waals surface area contributed by atoms with Gasteiger partial charge in [-0.25, -0.2) is 4.79 Å². The quantitative estimate of drug-likeness (QED) is 0.250. The Bertz CT molecular complexity index is 1070. The van der Waals surface area contributed by atoms with E-state index in [9.17, 15) is 20.0 Å². The number of rotatable bonds is 7. The highest BCUT2D eigenvalue weighted by Gasteiger charge is 2.17. The number of aryl methyl sites for hydroxylation is 1. The van der Waals surface area contributed by atoms with Crippen LogP contribution in [-0.4, -0.2) is 26.2 Å². The van der Waals surface area contributed by atoms with E-state index in [4.69, 9.17) is 20.4 Å². The van der Waals surface area contributed by atoms with Crippen LogP contribution in [0.25, 0.3) is 17.4 Å². The van der Waals surface area contributed by atoms with Crippen molar-refractivity contribution < 1.29 is 23.7 Å². The summed E-state index contributed by atoms with van der Waals surface area (Å²) >= 11 is 6.60. The number of aromatic nitrogens is 2. The highest BCUT2D eigenvalue weighted by atomic mass is 35.5. The number of carbonyl (C=O) groups is 1. The lowest BCUT2D eigenvalue weighted by molar-refractivity contribution is -0.384. The van der Waals surface area contributed by atoms with Crippen LogP contribution in [0.2, 0.25) is 5.02 Å². The molecule has 1 N–H and O–H groups in total. The lowest BCUT2D eigenvalue weighted by Gasteiger charge is -2.00. The topological polar surface area (TPSA) is 132 Å². The van der Waals surface area contributed by atoms with Crippen molar-refractivity contribution in [2.24, 2.45) is 0 Å². The molecular formula is C17H12ClN3O6S. The Kier molecular flexibility index (Phi) is 5.81. The van der Waals surface area contributed by atoms with Gasteiger partial charge in [-0.3, -0.25) is 10.1 Å². The van der Waals surface area contributed by atoms with Crippen molar-refractivity contribution >= 4 is 41.1 Å². The average molecular weight is 422 g/mol. The van der Waals surface area contributed by atoms with Crippen molar-refractivity contribution in [2.75, 3.05) is 0 Å². The Morgan fingerprint density at radius 2 is 2.11 bits per heavy atom. The molecule has 2 heterocycles. The van der Waals surface area contributed by atoms with E-state index in [-0.39, 0.29) is 26.6 Å². The van der Waals surface area contributed by atoms with Gasteiger partial charge in [-0.15, -0.1) is 10.2 Å². The number of carboxylic acid groups (broad SMARTS) is 1. The van der Waals surface area contributed by atoms with E-state index in [0.29, 0.717) is 23.6 Å². The number of nitro groups is 1. The monoisotopic (exact) mass is 421 g/mol. The fraction of sp³-hybridized carbons (Fsp3) is 0.118. The molecule has 0 radical (unpaired) electrons. The summed E-state index contributed by atoms with van der Waals surface area (Å²) in [5, 5.41) is 28.1. The first-order valence-electron chi connectivity index (χ1n) is 7.86. The first-order chi connectivity index (χ1) is 13.4. The van der Waals surface area contributed by atoms with Gasteiger partial charge in [0.25, 0.3) is 10.9 Å². The zero-order chi connectivity index (χ0) is 20.3. The summed E-state index contributed by atoms with van der Waals surface area (Å²) in [6, 6.07) is 7.37. The zero-order valence-electron chi connectivity index (χ0n) is 14.3. The minimum absolute atomic E-state index is 0.0102. The van der Waals surface area contributed by atoms with Crippen molar-refractivity contribution in [2.45, 2.75) is 18.6 Å². The summed E-state index contributed by atoms with van der Waals surface area (Å²) in [5.74, 6) is -0.224. The summed E-state index contributed by atoms with van der Waals surface area (Å²) in [6.45, 7) is 1.83. The Balaban J connectivity index is 1.88. The molecule has 0 fully saturated rings. The number of thioether (sulfide) groups is 1. The third kappa shape index (κ3) is 4.41. The molecule has 3 rings (SSSR count). The number of nitro benzene ring substituents is 1. The third-order valence-corrected chi connectivity index (χ3v) is 4.66. The predicted molar refractivity (Wildman–Crippen MR) is 101 cm³/mol. The van der Waals surface area contributed by atoms with Crippen LogP contribution >= 0.6 is 23.4 Å². The van der Waals surface area contributed by atoms with Gasteiger partial charge in [0.15, 0.2) is 0 Å². The van der Waals surface area contributed by atoms with Crippen molar-refractivity contribution in [3.8, 4) is 11.3 Å². The second-order valence-corrected chi connectivity index (χ2v) is 6.76. The molecule has 0 aliphatic heterocycles. The fourth-order valence-electron chi connectivity index (χ4n) is 2.17. The normalized spacial score (nSPS) is 11.6. The molecule has 0 unspecified atom stereocenters. The maximum atomic E-state index is 11.5. The van der Waals surface area contributed by atoms with E-state index in [2.05, 4.69) is 10.2 Å². The van der Waals surface area contributed by atoms with Gasteiger partial charge in [0, 0.05) is 24.1 Å². The number of furan rings is 1. The number of benzene rings is 1. The molecule has 0 saturated carbocycles. The first kappa shape index (κ1) is 19.6. The Morgan fingerprint density at radius 1 is 1.32 bits per heavy atom. The summed E-state index contributed by atoms with van der Waals surface area (Å²) in [4.78, 5) is 21.8. The number of hydrogen-bond donors (Lipinski definition) is 1. The predicted octanol–water partition coefficient (Wildman–Crippen LogP) is 4.67. The van der Waals surface area contributed by atoms with Gasteiger partial charge in [-0.2, -0.15) is 0 Å². The van der Waals surface area contributed by atoms with Crippen LogP contribution in [0.4, 0.5) is 5.69 Å². The smallest absolute Gasteiger partial charge is 0.342 e. The minimum Gasteiger partial charge on any atom is -0.477 e. The molecule has 28 heavy (non-hydrogen) atoms. The van der Waals surface area contributed by atoms with Gasteiger partial charge in [0.2, 0.25) is 5.89 Å². The van der Waals surface area contributed by atoms with Gasteiger partial charge in [0.1, 0.15) is 21.4 Å². The molecule has 1 aromatic carbocycles. The summed E-state index contributed by atoms with van der Waals surface area (Å²) in [7, 11) is 0. The van der Waals surface area contributed by atoms with E-state index in [1.54, 1.807) is 18.2 Å². The Labute approximate surface area is 167 Å². The van der Waals surface area contributed by atoms with Gasteiger partial charge < -0.3 is 13.9 Å². The molecule has 2 aromatic heterocycles. The lowest BCUT2D eigenvalue weighted by atomic mass is 10.1. The number of nitrogens with zero attached hydrogens (tertiary/aromatic N) is 3. The molecule has 144 valence electrons. The molecule has 0 bridgehead atoms. The van der Waals surface area contributed by atoms with Crippen LogP contribution in [0.15, 0.2) is 49.3 Å². The minimum atomic E-state index is -1.19. The van der Waals surface area contributed by atoms with Crippen molar-refractivity contribution in [3.63, 3.8) is 0 Å². The fourth-order valence-corrected chi connectivity index (χ4v) is 3.03. The summed E-state index contributed by atoms with van der Waals surface area (Å²) in [6.07, 6.45) is 1.84. The molecule has 9 nitrogen and oxygen atoms in total. The maximum absolute atomic E-state index is 11.5. The molecular weight excluding hydrogens is 410 g/mol. The van der Waals surface area contributed by atoms with E-state index in [1.165, 1.54) is 18.2 Å². The van der Waals surface area contributed by atoms with Crippen LogP contribution in [0.3, 0.4) is 0 Å². The molecule has 0 aliphatic carbocycles. The zero-order valence-corrected chi connectivity index (χ0v) is 15.9. The van der Waals surface area contributed by atoms with Crippen LogP contribution in [-0.2, 0) is 11.2 Å². The van der Waals surface area contributed by atoms with Crippen LogP contribution in [0.5, 0.6) is 0 Å². The standard InChI is InChI=1S/C17H12ClN3O6S/c1-2-15-19-20-17(27-15)28-14(16(22)23)8-10-4-6-13(26-10)9-3-5-11(18)12(7-9)21(24)25/h3-8H,2H2,1H3,(H,22,23)/b14-8-. The van der Waals surface area contributed by atoms with Crippen LogP contribution < -0.4 is 0 Å². The van der Waals surface area contributed by atoms with E-state index < -0.39 is 10.9 Å². The molecule has 3 aromatic rings. The lowest BCUT2D eigenvalue weighted by Crippen LogP contribution is -1.96. The Hall–Kier alpha value is -3.11. The molecule has 0 aliphatic rings. The van der Waals surface area contributed by atoms with Gasteiger partial charge in [-0.05, 0) is 36.0 Å². The van der Waals surface area contributed by atoms with Gasteiger partial charge >= 0.3 is 5.97 Å². The Morgan fingerprint density at radius 3 is 2.75 bits per heavy atom. The van der Waals surface area contributed by atoms with Crippen molar-refractivity contribution in [3.05, 3.63) is 62.0 Å². The second kappa shape index (κ2) is 8.28. The molecule has 0 amide bonds. The number of hydrogen-bond acceptors (Lipinski definition) is 8. The van der Waals surface area contributed by atoms with Crippen LogP contribution in [0.1, 0.15) is 18.6 Å². The number of aliphatic carboxylic acids is 1. The van der Waals surface area contributed by atoms with Gasteiger partial charge in [0.05, 0.1) is 4.92 Å². The van der Waals surface area contributed by atoms with E-state index in [0.717, 1.165) is 11.8 Å². The highest BCUT2D eigenvalue weighted by Crippen LogP contribution is 2.33. The summed E-state index contributed by atoms with van der Waals surface area (Å²) in [5.41, 5.74) is 0.183. The molecule has 0 spiro atoms. The van der Waals surface area contributed by atoms with E-state index in [1.807, 2.05) is 6.92 Å². The van der Waals surface area contributed by atoms with Crippen molar-refractivity contribution in [1.29, 1.82) is 0 Å². The molecule has 0 atom stereocenters. The summed E-state index contributed by atoms with van der Waals surface area (Å²) < 4.78 is 10.9.